The number of carbonyl (C=O) groups is 3. The first-order valence-corrected chi connectivity index (χ1v) is 9.57. The zero-order valence-corrected chi connectivity index (χ0v) is 15.2. The third-order valence-corrected chi connectivity index (χ3v) is 5.33. The van der Waals surface area contributed by atoms with Gasteiger partial charge in [0.15, 0.2) is 0 Å². The van der Waals surface area contributed by atoms with Gasteiger partial charge in [0.05, 0.1) is 0 Å². The molecule has 2 aliphatic rings. The van der Waals surface area contributed by atoms with Crippen LogP contribution >= 0.6 is 0 Å². The topological polar surface area (TPSA) is 69.7 Å². The first-order valence-electron chi connectivity index (χ1n) is 9.57. The number of nitrogens with zero attached hydrogens (tertiary/aromatic N) is 2. The molecule has 0 radical (unpaired) electrons. The summed E-state index contributed by atoms with van der Waals surface area (Å²) in [6.07, 6.45) is 7.79. The summed E-state index contributed by atoms with van der Waals surface area (Å²) in [5.41, 5.74) is 1.17. The number of nitrogens with one attached hydrogen (secondary N) is 1. The van der Waals surface area contributed by atoms with Gasteiger partial charge in [0.2, 0.25) is 6.41 Å². The molecule has 3 rings (SSSR count). The van der Waals surface area contributed by atoms with Crippen molar-refractivity contribution in [2.24, 2.45) is 0 Å². The Bertz CT molecular complexity index is 628. The molecule has 1 aromatic rings. The first kappa shape index (κ1) is 18.4. The fraction of sp³-hybridized carbons (Fsp3) is 0.550. The van der Waals surface area contributed by atoms with Crippen LogP contribution in [0.1, 0.15) is 59.2 Å². The molecule has 0 unspecified atom stereocenters. The van der Waals surface area contributed by atoms with E-state index in [0.29, 0.717) is 37.3 Å². The highest BCUT2D eigenvalue weighted by Crippen LogP contribution is 2.18. The van der Waals surface area contributed by atoms with Crippen LogP contribution < -0.4 is 5.32 Å². The SMILES string of the molecule is O=CN1CCN(C(=O)c2ccc(C(=O)NC3CCCCCC3)cc2)CC1. The molecule has 1 saturated carbocycles. The molecule has 0 spiro atoms. The van der Waals surface area contributed by atoms with Gasteiger partial charge in [0.1, 0.15) is 0 Å². The second-order valence-corrected chi connectivity index (χ2v) is 7.17. The van der Waals surface area contributed by atoms with Gasteiger partial charge >= 0.3 is 0 Å². The van der Waals surface area contributed by atoms with Crippen LogP contribution in [0.3, 0.4) is 0 Å². The number of carbonyl (C=O) groups excluding carboxylic acids is 3. The fourth-order valence-electron chi connectivity index (χ4n) is 3.67. The average Bonchev–Trinajstić information content (AvgIpc) is 2.96. The molecular weight excluding hydrogens is 330 g/mol. The minimum Gasteiger partial charge on any atom is -0.349 e. The zero-order valence-electron chi connectivity index (χ0n) is 15.2. The summed E-state index contributed by atoms with van der Waals surface area (Å²) in [6.45, 7) is 2.22. The lowest BCUT2D eigenvalue weighted by molar-refractivity contribution is -0.119. The molecule has 0 bridgehead atoms. The highest BCUT2D eigenvalue weighted by Gasteiger charge is 2.22. The molecule has 6 heteroatoms. The number of piperazine rings is 1. The molecule has 1 aliphatic carbocycles. The van der Waals surface area contributed by atoms with Crippen LogP contribution in [0.2, 0.25) is 0 Å². The van der Waals surface area contributed by atoms with Crippen LogP contribution in [-0.2, 0) is 4.79 Å². The summed E-state index contributed by atoms with van der Waals surface area (Å²) in [5, 5.41) is 3.13. The van der Waals surface area contributed by atoms with E-state index in [1.165, 1.54) is 25.7 Å². The van der Waals surface area contributed by atoms with E-state index in [-0.39, 0.29) is 17.9 Å². The standard InChI is InChI=1S/C20H27N3O3/c24-15-22-11-13-23(14-12-22)20(26)17-9-7-16(8-10-17)19(25)21-18-5-3-1-2-4-6-18/h7-10,15,18H,1-6,11-14H2,(H,21,25). The van der Waals surface area contributed by atoms with Gasteiger partial charge in [0.25, 0.3) is 11.8 Å². The van der Waals surface area contributed by atoms with E-state index in [1.54, 1.807) is 34.1 Å². The van der Waals surface area contributed by atoms with Gasteiger partial charge in [-0.15, -0.1) is 0 Å². The van der Waals surface area contributed by atoms with Crippen LogP contribution in [0.15, 0.2) is 24.3 Å². The van der Waals surface area contributed by atoms with E-state index < -0.39 is 0 Å². The Kier molecular flexibility index (Phi) is 6.26. The van der Waals surface area contributed by atoms with Crippen LogP contribution in [0.5, 0.6) is 0 Å². The number of benzene rings is 1. The molecule has 140 valence electrons. The van der Waals surface area contributed by atoms with Gasteiger partial charge in [-0.3, -0.25) is 14.4 Å². The van der Waals surface area contributed by atoms with E-state index in [9.17, 15) is 14.4 Å². The minimum atomic E-state index is -0.0597. The molecule has 1 aromatic carbocycles. The zero-order chi connectivity index (χ0) is 18.4. The van der Waals surface area contributed by atoms with E-state index in [4.69, 9.17) is 0 Å². The molecule has 6 nitrogen and oxygen atoms in total. The van der Waals surface area contributed by atoms with Crippen molar-refractivity contribution < 1.29 is 14.4 Å². The van der Waals surface area contributed by atoms with Crippen LogP contribution in [-0.4, -0.2) is 60.2 Å². The molecule has 0 aromatic heterocycles. The van der Waals surface area contributed by atoms with E-state index >= 15 is 0 Å². The molecule has 26 heavy (non-hydrogen) atoms. The lowest BCUT2D eigenvalue weighted by atomic mass is 10.1. The van der Waals surface area contributed by atoms with Gasteiger partial charge in [-0.25, -0.2) is 0 Å². The normalized spacial score (nSPS) is 18.9. The lowest BCUT2D eigenvalue weighted by Crippen LogP contribution is -2.48. The van der Waals surface area contributed by atoms with E-state index in [1.807, 2.05) is 0 Å². The van der Waals surface area contributed by atoms with Crippen LogP contribution in [0.25, 0.3) is 0 Å². The molecule has 3 amide bonds. The summed E-state index contributed by atoms with van der Waals surface area (Å²) >= 11 is 0. The molecule has 2 fully saturated rings. The van der Waals surface area contributed by atoms with E-state index in [2.05, 4.69) is 5.32 Å². The van der Waals surface area contributed by atoms with Crippen molar-refractivity contribution in [1.82, 2.24) is 15.1 Å². The second-order valence-electron chi connectivity index (χ2n) is 7.17. The third kappa shape index (κ3) is 4.62. The monoisotopic (exact) mass is 357 g/mol. The Hall–Kier alpha value is -2.37. The quantitative estimate of drug-likeness (QED) is 0.662. The van der Waals surface area contributed by atoms with Crippen molar-refractivity contribution in [3.05, 3.63) is 35.4 Å². The Morgan fingerprint density at radius 2 is 1.46 bits per heavy atom. The number of amides is 3. The molecule has 1 saturated heterocycles. The molecule has 1 N–H and O–H groups in total. The van der Waals surface area contributed by atoms with Crippen molar-refractivity contribution in [2.45, 2.75) is 44.6 Å². The van der Waals surface area contributed by atoms with Gasteiger partial charge in [-0.1, -0.05) is 25.7 Å². The predicted molar refractivity (Wildman–Crippen MR) is 98.9 cm³/mol. The summed E-state index contributed by atoms with van der Waals surface area (Å²) in [5.74, 6) is -0.109. The third-order valence-electron chi connectivity index (χ3n) is 5.33. The summed E-state index contributed by atoms with van der Waals surface area (Å²) < 4.78 is 0. The molecular formula is C20H27N3O3. The number of hydrogen-bond acceptors (Lipinski definition) is 3. The highest BCUT2D eigenvalue weighted by molar-refractivity contribution is 5.98. The Balaban J connectivity index is 1.56. The molecule has 1 aliphatic heterocycles. The van der Waals surface area contributed by atoms with Crippen LogP contribution in [0, 0.1) is 0 Å². The Morgan fingerprint density at radius 1 is 0.885 bits per heavy atom. The average molecular weight is 357 g/mol. The summed E-state index contributed by atoms with van der Waals surface area (Å²) in [7, 11) is 0. The largest absolute Gasteiger partial charge is 0.349 e. The van der Waals surface area contributed by atoms with Crippen molar-refractivity contribution in [3.63, 3.8) is 0 Å². The van der Waals surface area contributed by atoms with Gasteiger partial charge < -0.3 is 15.1 Å². The van der Waals surface area contributed by atoms with Crippen molar-refractivity contribution in [3.8, 4) is 0 Å². The van der Waals surface area contributed by atoms with Gasteiger partial charge in [-0.2, -0.15) is 0 Å². The van der Waals surface area contributed by atoms with Crippen molar-refractivity contribution in [1.29, 1.82) is 0 Å². The van der Waals surface area contributed by atoms with Gasteiger partial charge in [0, 0.05) is 43.3 Å². The smallest absolute Gasteiger partial charge is 0.253 e. The van der Waals surface area contributed by atoms with Crippen LogP contribution in [0.4, 0.5) is 0 Å². The van der Waals surface area contributed by atoms with Crippen molar-refractivity contribution in [2.75, 3.05) is 26.2 Å². The minimum absolute atomic E-state index is 0.0497. The van der Waals surface area contributed by atoms with Gasteiger partial charge in [-0.05, 0) is 37.1 Å². The first-order chi connectivity index (χ1) is 12.7. The number of rotatable bonds is 4. The number of hydrogen-bond donors (Lipinski definition) is 1. The van der Waals surface area contributed by atoms with E-state index in [0.717, 1.165) is 19.3 Å². The molecule has 1 heterocycles. The predicted octanol–water partition coefficient (Wildman–Crippen LogP) is 2.05. The fourth-order valence-corrected chi connectivity index (χ4v) is 3.67. The maximum absolute atomic E-state index is 12.5. The Morgan fingerprint density at radius 3 is 2.04 bits per heavy atom. The highest BCUT2D eigenvalue weighted by atomic mass is 16.2. The second kappa shape index (κ2) is 8.83. The maximum Gasteiger partial charge on any atom is 0.253 e. The Labute approximate surface area is 154 Å². The maximum atomic E-state index is 12.5. The van der Waals surface area contributed by atoms with Crippen molar-refractivity contribution >= 4 is 18.2 Å². The molecule has 0 atom stereocenters. The summed E-state index contributed by atoms with van der Waals surface area (Å²) in [4.78, 5) is 39.2. The lowest BCUT2D eigenvalue weighted by Gasteiger charge is -2.32. The summed E-state index contributed by atoms with van der Waals surface area (Å²) in [6, 6.07) is 7.15.